The Morgan fingerprint density at radius 3 is 1.95 bits per heavy atom. The van der Waals surface area contributed by atoms with E-state index in [9.17, 15) is 18.1 Å². The Bertz CT molecular complexity index is 320. The minimum absolute atomic E-state index is 0. The monoisotopic (exact) mass is 330 g/mol. The van der Waals surface area contributed by atoms with Crippen LogP contribution in [-0.2, 0) is 10.1 Å². The normalized spacial score (nSPS) is 14.5. The fourth-order valence-corrected chi connectivity index (χ4v) is 3.38. The van der Waals surface area contributed by atoms with Crippen molar-refractivity contribution in [3.63, 3.8) is 0 Å². The van der Waals surface area contributed by atoms with E-state index in [0.717, 1.165) is 44.9 Å². The summed E-state index contributed by atoms with van der Waals surface area (Å²) in [5.74, 6) is 0. The fourth-order valence-electron chi connectivity index (χ4n) is 2.47. The number of aliphatic hydroxyl groups is 1. The standard InChI is InChI=1S/C15H32O4S.Na/c1-3-5-6-7-8-12-15(20(17,18)19)13-9-11-14(16)10-4-2;/h14-16H,3-13H2,1-2H3,(H,17,18,19);/q;+1/p-1. The maximum absolute atomic E-state index is 11.2. The molecule has 0 aromatic heterocycles. The molecular weight excluding hydrogens is 299 g/mol. The molecule has 0 spiro atoms. The van der Waals surface area contributed by atoms with Gasteiger partial charge in [0.05, 0.1) is 16.2 Å². The van der Waals surface area contributed by atoms with E-state index in [-0.39, 0.29) is 35.7 Å². The Balaban J connectivity index is 0. The van der Waals surface area contributed by atoms with Crippen molar-refractivity contribution in [1.29, 1.82) is 0 Å². The topological polar surface area (TPSA) is 77.4 Å². The van der Waals surface area contributed by atoms with E-state index in [2.05, 4.69) is 6.92 Å². The van der Waals surface area contributed by atoms with Crippen molar-refractivity contribution in [3.8, 4) is 0 Å². The predicted molar refractivity (Wildman–Crippen MR) is 81.6 cm³/mol. The molecule has 0 saturated carbocycles. The Morgan fingerprint density at radius 2 is 1.43 bits per heavy atom. The molecule has 0 aromatic carbocycles. The number of aliphatic hydroxyl groups excluding tert-OH is 1. The van der Waals surface area contributed by atoms with E-state index in [4.69, 9.17) is 0 Å². The first-order chi connectivity index (χ1) is 9.41. The van der Waals surface area contributed by atoms with Crippen molar-refractivity contribution >= 4 is 10.1 Å². The van der Waals surface area contributed by atoms with Crippen molar-refractivity contribution in [3.05, 3.63) is 0 Å². The summed E-state index contributed by atoms with van der Waals surface area (Å²) in [5.41, 5.74) is 0. The van der Waals surface area contributed by atoms with E-state index in [0.29, 0.717) is 25.7 Å². The SMILES string of the molecule is CCCCCCCC(CCCC(O)CCC)S(=O)(=O)[O-].[Na+]. The van der Waals surface area contributed by atoms with Gasteiger partial charge in [-0.25, -0.2) is 8.42 Å². The third-order valence-electron chi connectivity index (χ3n) is 3.72. The Labute approximate surface area is 153 Å². The molecule has 0 heterocycles. The van der Waals surface area contributed by atoms with Gasteiger partial charge in [0.15, 0.2) is 0 Å². The Kier molecular flexibility index (Phi) is 16.6. The minimum Gasteiger partial charge on any atom is -0.748 e. The Morgan fingerprint density at radius 1 is 0.857 bits per heavy atom. The van der Waals surface area contributed by atoms with Gasteiger partial charge in [-0.3, -0.25) is 0 Å². The largest absolute Gasteiger partial charge is 1.00 e. The van der Waals surface area contributed by atoms with E-state index < -0.39 is 15.4 Å². The van der Waals surface area contributed by atoms with Gasteiger partial charge in [-0.05, 0) is 32.1 Å². The zero-order chi connectivity index (χ0) is 15.4. The van der Waals surface area contributed by atoms with Crippen LogP contribution in [-0.4, -0.2) is 29.4 Å². The molecule has 4 nitrogen and oxygen atoms in total. The van der Waals surface area contributed by atoms with E-state index in [1.54, 1.807) is 0 Å². The van der Waals surface area contributed by atoms with Crippen LogP contribution in [0.3, 0.4) is 0 Å². The van der Waals surface area contributed by atoms with Crippen LogP contribution >= 0.6 is 0 Å². The van der Waals surface area contributed by atoms with Crippen LogP contribution in [0, 0.1) is 0 Å². The molecular formula is C15H31NaO4S. The third kappa shape index (κ3) is 14.2. The molecule has 0 bridgehead atoms. The first kappa shape index (κ1) is 24.1. The summed E-state index contributed by atoms with van der Waals surface area (Å²) in [6, 6.07) is 0. The van der Waals surface area contributed by atoms with Gasteiger partial charge >= 0.3 is 29.6 Å². The van der Waals surface area contributed by atoms with Crippen LogP contribution in [0.5, 0.6) is 0 Å². The zero-order valence-electron chi connectivity index (χ0n) is 14.0. The van der Waals surface area contributed by atoms with Crippen LogP contribution < -0.4 is 29.6 Å². The molecule has 0 amide bonds. The summed E-state index contributed by atoms with van der Waals surface area (Å²) < 4.78 is 33.7. The van der Waals surface area contributed by atoms with E-state index in [1.807, 2.05) is 6.92 Å². The number of hydrogen-bond acceptors (Lipinski definition) is 4. The molecule has 2 unspecified atom stereocenters. The summed E-state index contributed by atoms with van der Waals surface area (Å²) in [5, 5.41) is 8.84. The Hall–Kier alpha value is 0.870. The average Bonchev–Trinajstić information content (AvgIpc) is 2.35. The van der Waals surface area contributed by atoms with Crippen molar-refractivity contribution in [2.75, 3.05) is 0 Å². The van der Waals surface area contributed by atoms with Crippen molar-refractivity contribution < 1.29 is 47.6 Å². The second-order valence-corrected chi connectivity index (χ2v) is 7.34. The van der Waals surface area contributed by atoms with Crippen LogP contribution in [0.4, 0.5) is 0 Å². The second-order valence-electron chi connectivity index (χ2n) is 5.69. The molecule has 0 saturated heterocycles. The molecule has 0 aliphatic rings. The molecule has 0 aromatic rings. The first-order valence-corrected chi connectivity index (χ1v) is 9.51. The van der Waals surface area contributed by atoms with Crippen LogP contribution in [0.2, 0.25) is 0 Å². The molecule has 0 fully saturated rings. The van der Waals surface area contributed by atoms with Crippen molar-refractivity contribution in [1.82, 2.24) is 0 Å². The van der Waals surface area contributed by atoms with Crippen molar-refractivity contribution in [2.45, 2.75) is 95.8 Å². The molecule has 0 radical (unpaired) electrons. The van der Waals surface area contributed by atoms with Gasteiger partial charge < -0.3 is 9.66 Å². The first-order valence-electron chi connectivity index (χ1n) is 8.04. The van der Waals surface area contributed by atoms with Gasteiger partial charge in [-0.2, -0.15) is 0 Å². The van der Waals surface area contributed by atoms with Gasteiger partial charge in [0.2, 0.25) is 0 Å². The molecule has 21 heavy (non-hydrogen) atoms. The van der Waals surface area contributed by atoms with E-state index in [1.165, 1.54) is 0 Å². The number of rotatable bonds is 13. The molecule has 2 atom stereocenters. The summed E-state index contributed by atoms with van der Waals surface area (Å²) in [6.07, 6.45) is 8.60. The van der Waals surface area contributed by atoms with Gasteiger partial charge in [0, 0.05) is 5.25 Å². The average molecular weight is 330 g/mol. The zero-order valence-corrected chi connectivity index (χ0v) is 16.8. The predicted octanol–water partition coefficient (Wildman–Crippen LogP) is 0.596. The summed E-state index contributed by atoms with van der Waals surface area (Å²) in [4.78, 5) is 0. The smallest absolute Gasteiger partial charge is 0.748 e. The third-order valence-corrected chi connectivity index (χ3v) is 5.01. The summed E-state index contributed by atoms with van der Waals surface area (Å²) in [7, 11) is -4.20. The molecule has 0 rings (SSSR count). The van der Waals surface area contributed by atoms with Crippen LogP contribution in [0.1, 0.15) is 84.5 Å². The maximum Gasteiger partial charge on any atom is 1.00 e. The van der Waals surface area contributed by atoms with Gasteiger partial charge in [0.25, 0.3) is 0 Å². The van der Waals surface area contributed by atoms with E-state index >= 15 is 0 Å². The van der Waals surface area contributed by atoms with Gasteiger partial charge in [-0.15, -0.1) is 0 Å². The maximum atomic E-state index is 11.2. The van der Waals surface area contributed by atoms with Gasteiger partial charge in [-0.1, -0.05) is 52.4 Å². The second kappa shape index (κ2) is 14.5. The van der Waals surface area contributed by atoms with Crippen LogP contribution in [0.15, 0.2) is 0 Å². The minimum atomic E-state index is -4.20. The van der Waals surface area contributed by atoms with Crippen molar-refractivity contribution in [2.24, 2.45) is 0 Å². The van der Waals surface area contributed by atoms with Crippen LogP contribution in [0.25, 0.3) is 0 Å². The van der Waals surface area contributed by atoms with Gasteiger partial charge in [0.1, 0.15) is 0 Å². The quantitative estimate of drug-likeness (QED) is 0.305. The molecule has 0 aliphatic heterocycles. The summed E-state index contributed by atoms with van der Waals surface area (Å²) in [6.45, 7) is 4.14. The summed E-state index contributed by atoms with van der Waals surface area (Å²) >= 11 is 0. The fraction of sp³-hybridized carbons (Fsp3) is 1.00. The molecule has 122 valence electrons. The number of hydrogen-bond donors (Lipinski definition) is 1. The molecule has 6 heteroatoms. The molecule has 1 N–H and O–H groups in total. The number of unbranched alkanes of at least 4 members (excludes halogenated alkanes) is 4. The molecule has 0 aliphatic carbocycles.